The van der Waals surface area contributed by atoms with Crippen LogP contribution in [-0.4, -0.2) is 70.8 Å². The van der Waals surface area contributed by atoms with Crippen LogP contribution < -0.4 is 10.2 Å². The van der Waals surface area contributed by atoms with E-state index in [-0.39, 0.29) is 43.7 Å². The fraction of sp³-hybridized carbons (Fsp3) is 0.450. The fourth-order valence-corrected chi connectivity index (χ4v) is 6.97. The van der Waals surface area contributed by atoms with E-state index in [1.54, 1.807) is 18.2 Å². The van der Waals surface area contributed by atoms with Crippen LogP contribution in [0.15, 0.2) is 78.9 Å². The van der Waals surface area contributed by atoms with Crippen LogP contribution >= 0.6 is 0 Å². The number of esters is 1. The summed E-state index contributed by atoms with van der Waals surface area (Å²) in [5.74, 6) is -1.41. The van der Waals surface area contributed by atoms with Crippen molar-refractivity contribution in [1.29, 1.82) is 0 Å². The quantitative estimate of drug-likeness (QED) is 0.209. The van der Waals surface area contributed by atoms with Gasteiger partial charge < -0.3 is 29.4 Å². The molecule has 0 saturated carbocycles. The molecule has 6 atom stereocenters. The van der Waals surface area contributed by atoms with Gasteiger partial charge in [-0.05, 0) is 69.0 Å². The van der Waals surface area contributed by atoms with Crippen molar-refractivity contribution < 1.29 is 43.2 Å². The number of rotatable bonds is 10. The molecule has 3 aromatic carbocycles. The number of amides is 3. The predicted octanol–water partition coefficient (Wildman–Crippen LogP) is 5.33. The second kappa shape index (κ2) is 16.0. The van der Waals surface area contributed by atoms with Gasteiger partial charge in [-0.1, -0.05) is 73.7 Å². The number of nitrogens with one attached hydrogen (secondary N) is 1. The third-order valence-electron chi connectivity index (χ3n) is 9.63. The second-order valence-corrected chi connectivity index (χ2v) is 14.6. The molecule has 2 N–H and O–H groups in total. The first kappa shape index (κ1) is 37.1. The van der Waals surface area contributed by atoms with Gasteiger partial charge in [0.15, 0.2) is 6.29 Å². The van der Waals surface area contributed by atoms with Crippen LogP contribution in [0, 0.1) is 5.92 Å². The van der Waals surface area contributed by atoms with Gasteiger partial charge in [0.1, 0.15) is 24.3 Å². The molecule has 3 saturated heterocycles. The lowest BCUT2D eigenvalue weighted by Crippen LogP contribution is -2.48. The van der Waals surface area contributed by atoms with Crippen LogP contribution in [0.3, 0.4) is 0 Å². The van der Waals surface area contributed by atoms with E-state index in [9.17, 15) is 24.3 Å². The SMILES string of the molecule is C[C@@H]1[C@H](CN2CCC[C@H]2C(=O)OC(C)(C)C)O[C@H](c2cccc(N3C(=O)CC(NC(=O)OCc4ccccc4)C3=O)c2)O[C@@H]1c1ccc(CO)cc1. The number of alkyl carbamates (subject to hydrolysis) is 1. The highest BCUT2D eigenvalue weighted by atomic mass is 16.7. The normalized spacial score (nSPS) is 25.3. The highest BCUT2D eigenvalue weighted by Crippen LogP contribution is 2.43. The number of benzene rings is 3. The van der Waals surface area contributed by atoms with Crippen LogP contribution in [-0.2, 0) is 46.5 Å². The van der Waals surface area contributed by atoms with Gasteiger partial charge >= 0.3 is 12.1 Å². The molecule has 6 rings (SSSR count). The van der Waals surface area contributed by atoms with E-state index in [1.807, 2.05) is 81.4 Å². The van der Waals surface area contributed by atoms with Crippen LogP contribution in [0.1, 0.15) is 81.6 Å². The van der Waals surface area contributed by atoms with Gasteiger partial charge in [0.25, 0.3) is 5.91 Å². The average molecular weight is 714 g/mol. The summed E-state index contributed by atoms with van der Waals surface area (Å²) < 4.78 is 24.3. The van der Waals surface area contributed by atoms with Gasteiger partial charge in [0.2, 0.25) is 5.91 Å². The number of ether oxygens (including phenoxy) is 4. The number of anilines is 1. The van der Waals surface area contributed by atoms with Crippen LogP contribution in [0.2, 0.25) is 0 Å². The standard InChI is InChI=1S/C40H47N3O9/c1-25-33(22-42-19-9-14-32(42)37(47)52-40(2,3)4)50-38(51-35(25)28-17-15-26(23-44)16-18-28)29-12-8-13-30(20-29)43-34(45)21-31(36(43)46)41-39(48)49-24-27-10-6-5-7-11-27/h5-8,10-13,15-18,20,25,31-33,35,38,44H,9,14,19,21-24H2,1-4H3,(H,41,48)/t25-,31?,32+,33+,35+,38+/m1/s1. The molecule has 3 heterocycles. The number of likely N-dealkylation sites (tertiary alicyclic amines) is 1. The monoisotopic (exact) mass is 713 g/mol. The average Bonchev–Trinajstić information content (AvgIpc) is 3.70. The summed E-state index contributed by atoms with van der Waals surface area (Å²) in [6.45, 7) is 8.78. The Labute approximate surface area is 304 Å². The van der Waals surface area contributed by atoms with Crippen LogP contribution in [0.5, 0.6) is 0 Å². The van der Waals surface area contributed by atoms with E-state index >= 15 is 0 Å². The third-order valence-corrected chi connectivity index (χ3v) is 9.63. The molecule has 0 aliphatic carbocycles. The van der Waals surface area contributed by atoms with Gasteiger partial charge in [-0.15, -0.1) is 0 Å². The largest absolute Gasteiger partial charge is 0.459 e. The lowest BCUT2D eigenvalue weighted by atomic mass is 9.90. The van der Waals surface area contributed by atoms with E-state index < -0.39 is 41.9 Å². The summed E-state index contributed by atoms with van der Waals surface area (Å²) in [5.41, 5.74) is 2.79. The van der Waals surface area contributed by atoms with Crippen molar-refractivity contribution in [3.63, 3.8) is 0 Å². The van der Waals surface area contributed by atoms with E-state index in [0.717, 1.165) is 34.6 Å². The molecule has 3 fully saturated rings. The van der Waals surface area contributed by atoms with Crippen LogP contribution in [0.4, 0.5) is 10.5 Å². The van der Waals surface area contributed by atoms with Crippen molar-refractivity contribution >= 4 is 29.6 Å². The number of hydrogen-bond acceptors (Lipinski definition) is 10. The molecule has 3 amide bonds. The summed E-state index contributed by atoms with van der Waals surface area (Å²) in [4.78, 5) is 55.5. The molecule has 0 bridgehead atoms. The number of aliphatic hydroxyl groups is 1. The van der Waals surface area contributed by atoms with E-state index in [1.165, 1.54) is 0 Å². The molecule has 3 aliphatic heterocycles. The Hall–Kier alpha value is -4.62. The molecule has 12 heteroatoms. The first-order chi connectivity index (χ1) is 24.9. The smallest absolute Gasteiger partial charge is 0.408 e. The third kappa shape index (κ3) is 8.70. The van der Waals surface area contributed by atoms with Gasteiger partial charge in [0.05, 0.1) is 30.9 Å². The zero-order chi connectivity index (χ0) is 37.0. The van der Waals surface area contributed by atoms with Crippen molar-refractivity contribution in [3.05, 3.63) is 101 Å². The van der Waals surface area contributed by atoms with Crippen molar-refractivity contribution in [2.75, 3.05) is 18.0 Å². The number of aliphatic hydroxyl groups excluding tert-OH is 1. The molecule has 0 spiro atoms. The Morgan fingerprint density at radius 2 is 1.69 bits per heavy atom. The van der Waals surface area contributed by atoms with Crippen molar-refractivity contribution in [2.45, 2.75) is 96.4 Å². The first-order valence-corrected chi connectivity index (χ1v) is 17.8. The lowest BCUT2D eigenvalue weighted by molar-refractivity contribution is -0.276. The first-order valence-electron chi connectivity index (χ1n) is 17.8. The predicted molar refractivity (Wildman–Crippen MR) is 191 cm³/mol. The molecule has 3 aliphatic rings. The number of carbonyl (C=O) groups is 4. The zero-order valence-electron chi connectivity index (χ0n) is 30.0. The zero-order valence-corrected chi connectivity index (χ0v) is 30.0. The van der Waals surface area contributed by atoms with E-state index in [2.05, 4.69) is 17.1 Å². The number of carbonyl (C=O) groups excluding carboxylic acids is 4. The van der Waals surface area contributed by atoms with E-state index in [4.69, 9.17) is 18.9 Å². The Morgan fingerprint density at radius 1 is 0.942 bits per heavy atom. The highest BCUT2D eigenvalue weighted by Gasteiger charge is 2.44. The number of nitrogens with zero attached hydrogens (tertiary/aromatic N) is 2. The molecule has 0 radical (unpaired) electrons. The number of hydrogen-bond donors (Lipinski definition) is 2. The summed E-state index contributed by atoms with van der Waals surface area (Å²) in [5, 5.41) is 12.2. The molecular formula is C40H47N3O9. The minimum atomic E-state index is -1.07. The Bertz CT molecular complexity index is 1740. The molecule has 3 aromatic rings. The summed E-state index contributed by atoms with van der Waals surface area (Å²) >= 11 is 0. The van der Waals surface area contributed by atoms with Gasteiger partial charge in [0, 0.05) is 18.0 Å². The molecule has 52 heavy (non-hydrogen) atoms. The van der Waals surface area contributed by atoms with Crippen molar-refractivity contribution in [1.82, 2.24) is 10.2 Å². The molecule has 12 nitrogen and oxygen atoms in total. The topological polar surface area (TPSA) is 144 Å². The molecule has 0 aromatic heterocycles. The molecule has 276 valence electrons. The lowest BCUT2D eigenvalue weighted by Gasteiger charge is -2.43. The summed E-state index contributed by atoms with van der Waals surface area (Å²) in [6, 6.07) is 22.2. The van der Waals surface area contributed by atoms with Crippen molar-refractivity contribution in [3.8, 4) is 0 Å². The van der Waals surface area contributed by atoms with E-state index in [0.29, 0.717) is 24.2 Å². The Morgan fingerprint density at radius 3 is 2.40 bits per heavy atom. The van der Waals surface area contributed by atoms with Gasteiger partial charge in [-0.3, -0.25) is 19.3 Å². The van der Waals surface area contributed by atoms with Gasteiger partial charge in [-0.25, -0.2) is 9.69 Å². The molecule has 1 unspecified atom stereocenters. The van der Waals surface area contributed by atoms with Crippen molar-refractivity contribution in [2.24, 2.45) is 5.92 Å². The fourth-order valence-electron chi connectivity index (χ4n) is 6.97. The van der Waals surface area contributed by atoms with Gasteiger partial charge in [-0.2, -0.15) is 0 Å². The maximum Gasteiger partial charge on any atom is 0.408 e. The maximum atomic E-state index is 13.5. The Balaban J connectivity index is 1.20. The summed E-state index contributed by atoms with van der Waals surface area (Å²) in [7, 11) is 0. The van der Waals surface area contributed by atoms with Crippen LogP contribution in [0.25, 0.3) is 0 Å². The maximum absolute atomic E-state index is 13.5. The second-order valence-electron chi connectivity index (χ2n) is 14.6. The molecular weight excluding hydrogens is 666 g/mol. The summed E-state index contributed by atoms with van der Waals surface area (Å²) in [6.07, 6.45) is -1.09. The minimum Gasteiger partial charge on any atom is -0.459 e. The number of imide groups is 1. The Kier molecular flexibility index (Phi) is 11.4. The highest BCUT2D eigenvalue weighted by molar-refractivity contribution is 6.22. The minimum absolute atomic E-state index is 0.0281.